The summed E-state index contributed by atoms with van der Waals surface area (Å²) in [6.07, 6.45) is 5.17. The van der Waals surface area contributed by atoms with Crippen LogP contribution < -0.4 is 10.1 Å². The molecular formula is C28H37F3N2O2. The third kappa shape index (κ3) is 8.55. The molecule has 35 heavy (non-hydrogen) atoms. The van der Waals surface area contributed by atoms with Gasteiger partial charge in [-0.25, -0.2) is 4.98 Å². The van der Waals surface area contributed by atoms with Crippen molar-refractivity contribution in [3.63, 3.8) is 0 Å². The SMILES string of the molecule is CC(C)CC(C)COc1ccc(-c2ccnc(NC(=O)CC3CCCCCC3)c2)cc1C(F)(F)F. The monoisotopic (exact) mass is 490 g/mol. The van der Waals surface area contributed by atoms with Gasteiger partial charge >= 0.3 is 6.18 Å². The summed E-state index contributed by atoms with van der Waals surface area (Å²) in [7, 11) is 0. The van der Waals surface area contributed by atoms with E-state index in [0.717, 1.165) is 38.2 Å². The van der Waals surface area contributed by atoms with E-state index in [0.29, 0.717) is 35.2 Å². The van der Waals surface area contributed by atoms with Crippen LogP contribution in [0.25, 0.3) is 11.1 Å². The Balaban J connectivity index is 1.73. The molecule has 2 aromatic rings. The Morgan fingerprint density at radius 2 is 1.74 bits per heavy atom. The standard InChI is InChI=1S/C28H37F3N2O2/c1-19(2)14-20(3)18-35-25-11-10-22(16-24(25)28(29,30)31)23-12-13-32-26(17-23)33-27(34)15-21-8-6-4-5-7-9-21/h10-13,16-17,19-21H,4-9,14-15,18H2,1-3H3,(H,32,33,34). The van der Waals surface area contributed by atoms with Crippen molar-refractivity contribution in [1.82, 2.24) is 4.98 Å². The molecule has 1 aliphatic carbocycles. The maximum atomic E-state index is 13.8. The molecule has 1 aromatic carbocycles. The normalized spacial score (nSPS) is 16.1. The Bertz CT molecular complexity index is 967. The van der Waals surface area contributed by atoms with Crippen LogP contribution in [0, 0.1) is 17.8 Å². The van der Waals surface area contributed by atoms with Gasteiger partial charge in [0.15, 0.2) is 0 Å². The van der Waals surface area contributed by atoms with Gasteiger partial charge in [0, 0.05) is 12.6 Å². The number of ether oxygens (including phenoxy) is 1. The molecule has 1 aliphatic rings. The molecule has 0 bridgehead atoms. The van der Waals surface area contributed by atoms with Crippen LogP contribution in [0.3, 0.4) is 0 Å². The fraction of sp³-hybridized carbons (Fsp3) is 0.571. The fourth-order valence-electron chi connectivity index (χ4n) is 4.86. The topological polar surface area (TPSA) is 51.2 Å². The van der Waals surface area contributed by atoms with Crippen molar-refractivity contribution in [3.05, 3.63) is 42.1 Å². The summed E-state index contributed by atoms with van der Waals surface area (Å²) in [5, 5.41) is 2.83. The Kier molecular flexibility index (Phi) is 9.58. The van der Waals surface area contributed by atoms with E-state index in [1.54, 1.807) is 18.2 Å². The quantitative estimate of drug-likeness (QED) is 0.361. The molecule has 1 atom stereocenters. The maximum absolute atomic E-state index is 13.8. The number of amides is 1. The predicted octanol–water partition coefficient (Wildman–Crippen LogP) is 8.13. The van der Waals surface area contributed by atoms with Crippen molar-refractivity contribution in [2.75, 3.05) is 11.9 Å². The van der Waals surface area contributed by atoms with Gasteiger partial charge in [-0.05, 0) is 72.4 Å². The van der Waals surface area contributed by atoms with Gasteiger partial charge in [-0.3, -0.25) is 4.79 Å². The number of benzene rings is 1. The molecule has 1 saturated carbocycles. The number of aromatic nitrogens is 1. The van der Waals surface area contributed by atoms with E-state index >= 15 is 0 Å². The van der Waals surface area contributed by atoms with E-state index in [-0.39, 0.29) is 24.2 Å². The van der Waals surface area contributed by atoms with Gasteiger partial charge in [0.2, 0.25) is 5.91 Å². The van der Waals surface area contributed by atoms with E-state index in [2.05, 4.69) is 24.1 Å². The molecule has 0 saturated heterocycles. The summed E-state index contributed by atoms with van der Waals surface area (Å²) in [4.78, 5) is 16.7. The largest absolute Gasteiger partial charge is 0.493 e. The number of halogens is 3. The van der Waals surface area contributed by atoms with Gasteiger partial charge in [0.25, 0.3) is 0 Å². The van der Waals surface area contributed by atoms with Gasteiger partial charge in [-0.15, -0.1) is 0 Å². The van der Waals surface area contributed by atoms with Crippen molar-refractivity contribution in [3.8, 4) is 16.9 Å². The first-order chi connectivity index (χ1) is 16.6. The van der Waals surface area contributed by atoms with Gasteiger partial charge in [-0.2, -0.15) is 13.2 Å². The van der Waals surface area contributed by atoms with Crippen molar-refractivity contribution < 1.29 is 22.7 Å². The third-order valence-electron chi connectivity index (χ3n) is 6.49. The first-order valence-corrected chi connectivity index (χ1v) is 12.7. The lowest BCUT2D eigenvalue weighted by molar-refractivity contribution is -0.139. The molecule has 7 heteroatoms. The van der Waals surface area contributed by atoms with E-state index in [4.69, 9.17) is 4.74 Å². The minimum absolute atomic E-state index is 0.100. The molecule has 3 rings (SSSR count). The van der Waals surface area contributed by atoms with Crippen molar-refractivity contribution in [2.45, 2.75) is 78.3 Å². The van der Waals surface area contributed by atoms with Crippen LogP contribution in [0.15, 0.2) is 36.5 Å². The Hall–Kier alpha value is -2.57. The third-order valence-corrected chi connectivity index (χ3v) is 6.49. The smallest absolute Gasteiger partial charge is 0.419 e. The molecule has 1 aromatic heterocycles. The second-order valence-corrected chi connectivity index (χ2v) is 10.3. The first kappa shape index (κ1) is 27.0. The summed E-state index contributed by atoms with van der Waals surface area (Å²) in [6.45, 7) is 6.36. The zero-order valence-electron chi connectivity index (χ0n) is 21.0. The van der Waals surface area contributed by atoms with Crippen LogP contribution in [0.5, 0.6) is 5.75 Å². The average molecular weight is 491 g/mol. The second kappa shape index (κ2) is 12.4. The average Bonchev–Trinajstić information content (AvgIpc) is 3.05. The lowest BCUT2D eigenvalue weighted by atomic mass is 9.96. The van der Waals surface area contributed by atoms with E-state index in [1.807, 2.05) is 6.92 Å². The van der Waals surface area contributed by atoms with Crippen LogP contribution in [-0.2, 0) is 11.0 Å². The van der Waals surface area contributed by atoms with Gasteiger partial charge in [-0.1, -0.05) is 52.5 Å². The lowest BCUT2D eigenvalue weighted by Gasteiger charge is -2.19. The Morgan fingerprint density at radius 3 is 2.40 bits per heavy atom. The van der Waals surface area contributed by atoms with Crippen LogP contribution in [0.4, 0.5) is 19.0 Å². The van der Waals surface area contributed by atoms with Crippen molar-refractivity contribution in [1.29, 1.82) is 0 Å². The summed E-state index contributed by atoms with van der Waals surface area (Å²) in [5.74, 6) is 1.06. The highest BCUT2D eigenvalue weighted by Crippen LogP contribution is 2.39. The van der Waals surface area contributed by atoms with E-state index in [9.17, 15) is 18.0 Å². The summed E-state index contributed by atoms with van der Waals surface area (Å²) in [6, 6.07) is 7.36. The number of nitrogens with one attached hydrogen (secondary N) is 1. The molecular weight excluding hydrogens is 453 g/mol. The minimum Gasteiger partial charge on any atom is -0.493 e. The number of anilines is 1. The number of carbonyl (C=O) groups is 1. The maximum Gasteiger partial charge on any atom is 0.419 e. The molecule has 4 nitrogen and oxygen atoms in total. The van der Waals surface area contributed by atoms with Crippen molar-refractivity contribution in [2.24, 2.45) is 17.8 Å². The molecule has 192 valence electrons. The number of hydrogen-bond acceptors (Lipinski definition) is 3. The van der Waals surface area contributed by atoms with Crippen molar-refractivity contribution >= 4 is 11.7 Å². The molecule has 1 N–H and O–H groups in total. The highest BCUT2D eigenvalue weighted by atomic mass is 19.4. The highest BCUT2D eigenvalue weighted by Gasteiger charge is 2.35. The van der Waals surface area contributed by atoms with Gasteiger partial charge < -0.3 is 10.1 Å². The lowest BCUT2D eigenvalue weighted by Crippen LogP contribution is -2.17. The Morgan fingerprint density at radius 1 is 1.06 bits per heavy atom. The number of nitrogens with zero attached hydrogens (tertiary/aromatic N) is 1. The molecule has 0 spiro atoms. The van der Waals surface area contributed by atoms with Crippen LogP contribution in [0.1, 0.15) is 77.7 Å². The molecule has 1 heterocycles. The number of rotatable bonds is 9. The summed E-state index contributed by atoms with van der Waals surface area (Å²) >= 11 is 0. The highest BCUT2D eigenvalue weighted by molar-refractivity contribution is 5.90. The summed E-state index contributed by atoms with van der Waals surface area (Å²) < 4.78 is 47.1. The predicted molar refractivity (Wildman–Crippen MR) is 133 cm³/mol. The number of hydrogen-bond donors (Lipinski definition) is 1. The first-order valence-electron chi connectivity index (χ1n) is 12.7. The Labute approximate surface area is 206 Å². The second-order valence-electron chi connectivity index (χ2n) is 10.3. The van der Waals surface area contributed by atoms with Gasteiger partial charge in [0.05, 0.1) is 12.2 Å². The van der Waals surface area contributed by atoms with Gasteiger partial charge in [0.1, 0.15) is 11.6 Å². The number of alkyl halides is 3. The molecule has 0 aliphatic heterocycles. The molecule has 0 radical (unpaired) electrons. The zero-order chi connectivity index (χ0) is 25.4. The van der Waals surface area contributed by atoms with E-state index < -0.39 is 11.7 Å². The van der Waals surface area contributed by atoms with Crippen LogP contribution in [-0.4, -0.2) is 17.5 Å². The van der Waals surface area contributed by atoms with Crippen LogP contribution in [0.2, 0.25) is 0 Å². The number of pyridine rings is 1. The van der Waals surface area contributed by atoms with E-state index in [1.165, 1.54) is 25.1 Å². The molecule has 1 amide bonds. The fourth-order valence-corrected chi connectivity index (χ4v) is 4.86. The minimum atomic E-state index is -4.55. The zero-order valence-corrected chi connectivity index (χ0v) is 21.0. The van der Waals surface area contributed by atoms with Crippen LogP contribution >= 0.6 is 0 Å². The molecule has 1 unspecified atom stereocenters. The number of carbonyl (C=O) groups excluding carboxylic acids is 1. The molecule has 1 fully saturated rings. The summed E-state index contributed by atoms with van der Waals surface area (Å²) in [5.41, 5.74) is 0.138.